The van der Waals surface area contributed by atoms with Crippen LogP contribution in [0.15, 0.2) is 69.1 Å². The number of rotatable bonds is 10. The number of aromatic nitrogens is 2. The predicted octanol–water partition coefficient (Wildman–Crippen LogP) is 3.96. The van der Waals surface area contributed by atoms with Gasteiger partial charge >= 0.3 is 0 Å². The molecule has 2 amide bonds. The lowest BCUT2D eigenvalue weighted by Crippen LogP contribution is -2.24. The van der Waals surface area contributed by atoms with Gasteiger partial charge in [0.1, 0.15) is 5.76 Å². The number of thiophene rings is 1. The number of amides is 2. The summed E-state index contributed by atoms with van der Waals surface area (Å²) in [4.78, 5) is 29.8. The summed E-state index contributed by atoms with van der Waals surface area (Å²) in [5.74, 6) is 1.51. The van der Waals surface area contributed by atoms with Crippen molar-refractivity contribution < 1.29 is 18.5 Å². The molecule has 0 saturated carbocycles. The Bertz CT molecular complexity index is 1150. The molecule has 1 aromatic carbocycles. The van der Waals surface area contributed by atoms with Gasteiger partial charge in [0.15, 0.2) is 0 Å². The van der Waals surface area contributed by atoms with Gasteiger partial charge in [-0.05, 0) is 47.7 Å². The second kappa shape index (κ2) is 10.5. The molecular weight excluding hydrogens is 428 g/mol. The number of aryl methyl sites for hydroxylation is 1. The van der Waals surface area contributed by atoms with Crippen molar-refractivity contribution in [3.8, 4) is 10.7 Å². The number of benzene rings is 1. The molecule has 3 heterocycles. The number of carbonyl (C=O) groups excluding carboxylic acids is 2. The molecule has 0 unspecified atom stereocenters. The fourth-order valence-electron chi connectivity index (χ4n) is 3.06. The Balaban J connectivity index is 1.19. The molecule has 0 aliphatic heterocycles. The van der Waals surface area contributed by atoms with Crippen molar-refractivity contribution in [2.45, 2.75) is 32.4 Å². The van der Waals surface area contributed by atoms with E-state index in [-0.39, 0.29) is 11.8 Å². The van der Waals surface area contributed by atoms with Crippen LogP contribution in [0.25, 0.3) is 10.7 Å². The van der Waals surface area contributed by atoms with Gasteiger partial charge in [-0.25, -0.2) is 0 Å². The maximum absolute atomic E-state index is 12.3. The minimum absolute atomic E-state index is 0.0735. The van der Waals surface area contributed by atoms with Crippen molar-refractivity contribution in [2.75, 3.05) is 0 Å². The van der Waals surface area contributed by atoms with E-state index in [0.29, 0.717) is 55.4 Å². The molecule has 2 N–H and O–H groups in total. The largest absolute Gasteiger partial charge is 0.467 e. The molecule has 0 aliphatic carbocycles. The zero-order chi connectivity index (χ0) is 22.2. The minimum atomic E-state index is -0.198. The maximum Gasteiger partial charge on any atom is 0.251 e. The van der Waals surface area contributed by atoms with Gasteiger partial charge in [0.2, 0.25) is 17.6 Å². The quantitative estimate of drug-likeness (QED) is 0.378. The van der Waals surface area contributed by atoms with E-state index in [2.05, 4.69) is 20.8 Å². The standard InChI is InChI=1S/C23H22N4O4S/c28-20(9-2-10-21-26-22(27-31-21)19-8-4-12-32-19)24-14-16-5-1-6-17(13-16)23(29)25-15-18-7-3-11-30-18/h1,3-8,11-13H,2,9-10,14-15H2,(H,24,28)(H,25,29). The summed E-state index contributed by atoms with van der Waals surface area (Å²) in [7, 11) is 0. The lowest BCUT2D eigenvalue weighted by molar-refractivity contribution is -0.121. The van der Waals surface area contributed by atoms with E-state index in [1.807, 2.05) is 23.6 Å². The van der Waals surface area contributed by atoms with Crippen LogP contribution in [0, 0.1) is 0 Å². The van der Waals surface area contributed by atoms with E-state index in [9.17, 15) is 9.59 Å². The predicted molar refractivity (Wildman–Crippen MR) is 119 cm³/mol. The lowest BCUT2D eigenvalue weighted by atomic mass is 10.1. The average molecular weight is 451 g/mol. The first-order valence-corrected chi connectivity index (χ1v) is 11.1. The van der Waals surface area contributed by atoms with Gasteiger partial charge in [0.05, 0.1) is 17.7 Å². The van der Waals surface area contributed by atoms with E-state index >= 15 is 0 Å². The second-order valence-corrected chi connectivity index (χ2v) is 8.03. The molecule has 0 aliphatic rings. The van der Waals surface area contributed by atoms with Gasteiger partial charge < -0.3 is 19.6 Å². The Kier molecular flexibility index (Phi) is 7.08. The van der Waals surface area contributed by atoms with Crippen LogP contribution in [-0.2, 0) is 24.3 Å². The number of nitrogens with zero attached hydrogens (tertiary/aromatic N) is 2. The second-order valence-electron chi connectivity index (χ2n) is 7.08. The maximum atomic E-state index is 12.3. The normalized spacial score (nSPS) is 10.8. The first-order valence-electron chi connectivity index (χ1n) is 10.2. The highest BCUT2D eigenvalue weighted by atomic mass is 32.1. The molecule has 4 rings (SSSR count). The lowest BCUT2D eigenvalue weighted by Gasteiger charge is -2.08. The van der Waals surface area contributed by atoms with Crippen molar-refractivity contribution in [2.24, 2.45) is 0 Å². The fourth-order valence-corrected chi connectivity index (χ4v) is 3.71. The third-order valence-electron chi connectivity index (χ3n) is 4.69. The first-order chi connectivity index (χ1) is 15.7. The zero-order valence-electron chi connectivity index (χ0n) is 17.2. The number of hydrogen-bond donors (Lipinski definition) is 2. The van der Waals surface area contributed by atoms with Gasteiger partial charge in [-0.2, -0.15) is 4.98 Å². The summed E-state index contributed by atoms with van der Waals surface area (Å²) in [5.41, 5.74) is 1.38. The van der Waals surface area contributed by atoms with Crippen LogP contribution in [-0.4, -0.2) is 22.0 Å². The molecule has 0 spiro atoms. The summed E-state index contributed by atoms with van der Waals surface area (Å²) in [6.45, 7) is 0.670. The Morgan fingerprint density at radius 2 is 1.97 bits per heavy atom. The summed E-state index contributed by atoms with van der Waals surface area (Å²) < 4.78 is 10.5. The van der Waals surface area contributed by atoms with E-state index in [0.717, 1.165) is 10.4 Å². The van der Waals surface area contributed by atoms with E-state index in [1.54, 1.807) is 47.9 Å². The number of nitrogens with one attached hydrogen (secondary N) is 2. The minimum Gasteiger partial charge on any atom is -0.467 e. The SMILES string of the molecule is O=C(CCCc1nc(-c2cccs2)no1)NCc1cccc(C(=O)NCc2ccco2)c1. The third kappa shape index (κ3) is 5.92. The van der Waals surface area contributed by atoms with Gasteiger partial charge in [-0.15, -0.1) is 11.3 Å². The Hall–Kier alpha value is -3.72. The van der Waals surface area contributed by atoms with Crippen LogP contribution in [0.1, 0.15) is 40.4 Å². The fraction of sp³-hybridized carbons (Fsp3) is 0.217. The number of hydrogen-bond acceptors (Lipinski definition) is 7. The molecular formula is C23H22N4O4S. The molecule has 0 fully saturated rings. The van der Waals surface area contributed by atoms with Crippen molar-refractivity contribution in [3.63, 3.8) is 0 Å². The van der Waals surface area contributed by atoms with Crippen LogP contribution in [0.2, 0.25) is 0 Å². The van der Waals surface area contributed by atoms with Gasteiger partial charge in [0, 0.05) is 24.9 Å². The van der Waals surface area contributed by atoms with Gasteiger partial charge in [0.25, 0.3) is 5.91 Å². The summed E-state index contributed by atoms with van der Waals surface area (Å²) in [6, 6.07) is 14.6. The number of carbonyl (C=O) groups is 2. The Labute approximate surface area is 188 Å². The Morgan fingerprint density at radius 3 is 2.78 bits per heavy atom. The highest BCUT2D eigenvalue weighted by Crippen LogP contribution is 2.21. The van der Waals surface area contributed by atoms with Crippen molar-refractivity contribution in [1.82, 2.24) is 20.8 Å². The molecule has 0 radical (unpaired) electrons. The molecule has 3 aromatic heterocycles. The molecule has 0 atom stereocenters. The van der Waals surface area contributed by atoms with Crippen LogP contribution < -0.4 is 10.6 Å². The van der Waals surface area contributed by atoms with E-state index < -0.39 is 0 Å². The van der Waals surface area contributed by atoms with Gasteiger partial charge in [-0.3, -0.25) is 9.59 Å². The number of furan rings is 1. The summed E-state index contributed by atoms with van der Waals surface area (Å²) >= 11 is 1.55. The van der Waals surface area contributed by atoms with Crippen LogP contribution in [0.4, 0.5) is 0 Å². The van der Waals surface area contributed by atoms with Crippen molar-refractivity contribution >= 4 is 23.2 Å². The van der Waals surface area contributed by atoms with Gasteiger partial charge in [-0.1, -0.05) is 23.4 Å². The van der Waals surface area contributed by atoms with Crippen LogP contribution in [0.5, 0.6) is 0 Å². The van der Waals surface area contributed by atoms with Crippen molar-refractivity contribution in [1.29, 1.82) is 0 Å². The molecule has 8 nitrogen and oxygen atoms in total. The smallest absolute Gasteiger partial charge is 0.251 e. The Morgan fingerprint density at radius 1 is 1.03 bits per heavy atom. The van der Waals surface area contributed by atoms with Crippen molar-refractivity contribution in [3.05, 3.63) is 83.0 Å². The van der Waals surface area contributed by atoms with E-state index in [4.69, 9.17) is 8.94 Å². The summed E-state index contributed by atoms with van der Waals surface area (Å²) in [6.07, 6.45) is 3.06. The monoisotopic (exact) mass is 450 g/mol. The molecule has 4 aromatic rings. The third-order valence-corrected chi connectivity index (χ3v) is 5.55. The van der Waals surface area contributed by atoms with E-state index in [1.165, 1.54) is 0 Å². The topological polar surface area (TPSA) is 110 Å². The first kappa shape index (κ1) is 21.5. The molecule has 0 bridgehead atoms. The van der Waals surface area contributed by atoms with Crippen LogP contribution in [0.3, 0.4) is 0 Å². The molecule has 164 valence electrons. The molecule has 32 heavy (non-hydrogen) atoms. The zero-order valence-corrected chi connectivity index (χ0v) is 18.1. The highest BCUT2D eigenvalue weighted by molar-refractivity contribution is 7.13. The summed E-state index contributed by atoms with van der Waals surface area (Å²) in [5, 5.41) is 11.6. The highest BCUT2D eigenvalue weighted by Gasteiger charge is 2.11. The molecule has 0 saturated heterocycles. The molecule has 9 heteroatoms. The average Bonchev–Trinajstić information content (AvgIpc) is 3.59. The van der Waals surface area contributed by atoms with Crippen LogP contribution >= 0.6 is 11.3 Å².